The number of piperazine rings is 1. The summed E-state index contributed by atoms with van der Waals surface area (Å²) in [6, 6.07) is 14.7. The van der Waals surface area contributed by atoms with Crippen molar-refractivity contribution in [2.24, 2.45) is 0 Å². The molecule has 6 rings (SSSR count). The second-order valence-corrected chi connectivity index (χ2v) is 11.5. The zero-order valence-corrected chi connectivity index (χ0v) is 23.5. The largest absolute Gasteiger partial charge is 0.451 e. The average molecular weight is 538 g/mol. The minimum Gasteiger partial charge on any atom is -0.451 e. The van der Waals surface area contributed by atoms with Crippen molar-refractivity contribution >= 4 is 33.5 Å². The lowest BCUT2D eigenvalue weighted by Crippen LogP contribution is -2.46. The number of nitrogens with one attached hydrogen (secondary N) is 2. The molecular formula is C33H39N5O2. The third-order valence-electron chi connectivity index (χ3n) is 8.87. The SMILES string of the molecule is Cc1c(C(=O)NC2CCCCC2)oc2ccc(N3CCN(CCCCc4c[nH]c5ccc(C#N)cc45)CC3)cc12. The number of aromatic amines is 1. The molecule has 0 spiro atoms. The third kappa shape index (κ3) is 5.59. The highest BCUT2D eigenvalue weighted by molar-refractivity contribution is 5.99. The van der Waals surface area contributed by atoms with Gasteiger partial charge in [-0.1, -0.05) is 19.3 Å². The number of H-pyrrole nitrogens is 1. The average Bonchev–Trinajstić information content (AvgIpc) is 3.56. The van der Waals surface area contributed by atoms with Crippen molar-refractivity contribution in [2.75, 3.05) is 37.6 Å². The molecule has 4 aromatic rings. The Morgan fingerprint density at radius 3 is 2.67 bits per heavy atom. The number of furan rings is 1. The van der Waals surface area contributed by atoms with Gasteiger partial charge in [-0.15, -0.1) is 0 Å². The van der Waals surface area contributed by atoms with E-state index in [1.165, 1.54) is 35.9 Å². The Morgan fingerprint density at radius 1 is 1.05 bits per heavy atom. The van der Waals surface area contributed by atoms with Crippen LogP contribution < -0.4 is 10.2 Å². The summed E-state index contributed by atoms with van der Waals surface area (Å²) in [6.07, 6.45) is 11.2. The Hall–Kier alpha value is -3.76. The van der Waals surface area contributed by atoms with Crippen LogP contribution in [0.3, 0.4) is 0 Å². The van der Waals surface area contributed by atoms with Gasteiger partial charge in [0.05, 0.1) is 11.6 Å². The normalized spacial score (nSPS) is 16.9. The molecule has 2 aromatic heterocycles. The maximum atomic E-state index is 13.0. The summed E-state index contributed by atoms with van der Waals surface area (Å²) in [5.74, 6) is 0.382. The number of aryl methyl sites for hydroxylation is 2. The predicted molar refractivity (Wildman–Crippen MR) is 160 cm³/mol. The number of fused-ring (bicyclic) bond motifs is 2. The van der Waals surface area contributed by atoms with Gasteiger partial charge in [0.2, 0.25) is 0 Å². The molecule has 2 fully saturated rings. The van der Waals surface area contributed by atoms with E-state index in [0.29, 0.717) is 11.3 Å². The highest BCUT2D eigenvalue weighted by Crippen LogP contribution is 2.30. The minimum atomic E-state index is -0.0765. The summed E-state index contributed by atoms with van der Waals surface area (Å²) in [5.41, 5.74) is 6.04. The molecule has 3 heterocycles. The molecule has 40 heavy (non-hydrogen) atoms. The van der Waals surface area contributed by atoms with Crippen molar-refractivity contribution in [1.29, 1.82) is 5.26 Å². The van der Waals surface area contributed by atoms with E-state index in [1.54, 1.807) is 0 Å². The van der Waals surface area contributed by atoms with Crippen molar-refractivity contribution in [1.82, 2.24) is 15.2 Å². The standard InChI is InChI=1S/C33H39N5O2/c1-23-28-20-27(11-13-31(28)40-32(23)33(39)36-26-8-3-2-4-9-26)38-17-15-37(16-18-38)14-6-5-7-25-22-35-30-12-10-24(21-34)19-29(25)30/h10-13,19-20,22,26,35H,2-9,14-18H2,1H3,(H,36,39). The van der Waals surface area contributed by atoms with Gasteiger partial charge in [0.25, 0.3) is 5.91 Å². The number of benzene rings is 2. The molecule has 0 radical (unpaired) electrons. The number of nitriles is 1. The first-order valence-corrected chi connectivity index (χ1v) is 14.9. The zero-order chi connectivity index (χ0) is 27.5. The maximum absolute atomic E-state index is 13.0. The number of anilines is 1. The highest BCUT2D eigenvalue weighted by atomic mass is 16.3. The molecule has 2 N–H and O–H groups in total. The Labute approximate surface area is 236 Å². The van der Waals surface area contributed by atoms with Crippen molar-refractivity contribution in [2.45, 2.75) is 64.3 Å². The summed E-state index contributed by atoms with van der Waals surface area (Å²) in [7, 11) is 0. The first-order chi connectivity index (χ1) is 19.6. The van der Waals surface area contributed by atoms with Gasteiger partial charge in [0, 0.05) is 66.0 Å². The van der Waals surface area contributed by atoms with Crippen LogP contribution in [0.5, 0.6) is 0 Å². The van der Waals surface area contributed by atoms with Gasteiger partial charge < -0.3 is 19.6 Å². The number of carbonyl (C=O) groups is 1. The topological polar surface area (TPSA) is 88.3 Å². The fraction of sp³-hybridized carbons (Fsp3) is 0.455. The summed E-state index contributed by atoms with van der Waals surface area (Å²) < 4.78 is 6.02. The van der Waals surface area contributed by atoms with Gasteiger partial charge in [-0.25, -0.2) is 0 Å². The predicted octanol–water partition coefficient (Wildman–Crippen LogP) is 6.30. The third-order valence-corrected chi connectivity index (χ3v) is 8.87. The van der Waals surface area contributed by atoms with E-state index in [0.717, 1.165) is 86.9 Å². The molecule has 0 bridgehead atoms. The van der Waals surface area contributed by atoms with E-state index >= 15 is 0 Å². The van der Waals surface area contributed by atoms with E-state index in [-0.39, 0.29) is 11.9 Å². The van der Waals surface area contributed by atoms with Crippen molar-refractivity contribution in [3.63, 3.8) is 0 Å². The van der Waals surface area contributed by atoms with Crippen LogP contribution in [0.2, 0.25) is 0 Å². The fourth-order valence-corrected chi connectivity index (χ4v) is 6.46. The van der Waals surface area contributed by atoms with Crippen LogP contribution >= 0.6 is 0 Å². The van der Waals surface area contributed by atoms with Crippen molar-refractivity contribution in [3.05, 3.63) is 65.0 Å². The minimum absolute atomic E-state index is 0.0765. The fourth-order valence-electron chi connectivity index (χ4n) is 6.46. The zero-order valence-electron chi connectivity index (χ0n) is 23.5. The van der Waals surface area contributed by atoms with Crippen LogP contribution in [-0.4, -0.2) is 54.6 Å². The Bertz CT molecular complexity index is 1530. The molecule has 0 unspecified atom stereocenters. The van der Waals surface area contributed by atoms with E-state index in [4.69, 9.17) is 4.42 Å². The highest BCUT2D eigenvalue weighted by Gasteiger charge is 2.23. The second kappa shape index (κ2) is 11.8. The summed E-state index contributed by atoms with van der Waals surface area (Å²) in [4.78, 5) is 21.3. The first kappa shape index (κ1) is 26.5. The summed E-state index contributed by atoms with van der Waals surface area (Å²) >= 11 is 0. The molecule has 1 aliphatic heterocycles. The number of carbonyl (C=O) groups excluding carboxylic acids is 1. The molecular weight excluding hydrogens is 498 g/mol. The lowest BCUT2D eigenvalue weighted by molar-refractivity contribution is 0.0901. The van der Waals surface area contributed by atoms with E-state index < -0.39 is 0 Å². The van der Waals surface area contributed by atoms with Gasteiger partial charge in [-0.05, 0) is 87.5 Å². The van der Waals surface area contributed by atoms with Crippen LogP contribution in [-0.2, 0) is 6.42 Å². The molecule has 1 saturated carbocycles. The summed E-state index contributed by atoms with van der Waals surface area (Å²) in [5, 5.41) is 14.6. The number of rotatable bonds is 8. The van der Waals surface area contributed by atoms with Crippen LogP contribution in [0.1, 0.15) is 72.2 Å². The van der Waals surface area contributed by atoms with Gasteiger partial charge in [-0.3, -0.25) is 9.69 Å². The number of aromatic nitrogens is 1. The molecule has 2 aliphatic rings. The quantitative estimate of drug-likeness (QED) is 0.258. The smallest absolute Gasteiger partial charge is 0.287 e. The molecule has 208 valence electrons. The first-order valence-electron chi connectivity index (χ1n) is 14.9. The Kier molecular flexibility index (Phi) is 7.79. The van der Waals surface area contributed by atoms with Crippen molar-refractivity contribution in [3.8, 4) is 6.07 Å². The number of hydrogen-bond acceptors (Lipinski definition) is 5. The number of unbranched alkanes of at least 4 members (excludes halogenated alkanes) is 1. The molecule has 1 amide bonds. The molecule has 7 heteroatoms. The maximum Gasteiger partial charge on any atom is 0.287 e. The van der Waals surface area contributed by atoms with Gasteiger partial charge in [0.1, 0.15) is 5.58 Å². The molecule has 0 atom stereocenters. The monoisotopic (exact) mass is 537 g/mol. The van der Waals surface area contributed by atoms with Crippen molar-refractivity contribution < 1.29 is 9.21 Å². The lowest BCUT2D eigenvalue weighted by Gasteiger charge is -2.36. The Balaban J connectivity index is 1.00. The van der Waals surface area contributed by atoms with Crippen LogP contribution in [0, 0.1) is 18.3 Å². The van der Waals surface area contributed by atoms with E-state index in [2.05, 4.69) is 44.5 Å². The molecule has 7 nitrogen and oxygen atoms in total. The Morgan fingerprint density at radius 2 is 1.88 bits per heavy atom. The summed E-state index contributed by atoms with van der Waals surface area (Å²) in [6.45, 7) is 7.21. The van der Waals surface area contributed by atoms with E-state index in [1.807, 2.05) is 31.2 Å². The number of hydrogen-bond donors (Lipinski definition) is 2. The molecule has 2 aromatic carbocycles. The number of nitrogens with zero attached hydrogens (tertiary/aromatic N) is 3. The van der Waals surface area contributed by atoms with Gasteiger partial charge in [-0.2, -0.15) is 5.26 Å². The lowest BCUT2D eigenvalue weighted by atomic mass is 9.95. The van der Waals surface area contributed by atoms with Crippen LogP contribution in [0.4, 0.5) is 5.69 Å². The van der Waals surface area contributed by atoms with Gasteiger partial charge in [0.15, 0.2) is 5.76 Å². The van der Waals surface area contributed by atoms with Crippen LogP contribution in [0.25, 0.3) is 21.9 Å². The number of amides is 1. The van der Waals surface area contributed by atoms with Crippen LogP contribution in [0.15, 0.2) is 47.0 Å². The molecule has 1 aliphatic carbocycles. The second-order valence-electron chi connectivity index (χ2n) is 11.5. The molecule has 1 saturated heterocycles. The van der Waals surface area contributed by atoms with Gasteiger partial charge >= 0.3 is 0 Å². The van der Waals surface area contributed by atoms with E-state index in [9.17, 15) is 10.1 Å².